The molecule has 0 saturated carbocycles. The molecule has 0 aromatic rings. The van der Waals surface area contributed by atoms with Crippen molar-refractivity contribution in [1.29, 1.82) is 0 Å². The molecule has 2 fully saturated rings. The van der Waals surface area contributed by atoms with Crippen LogP contribution in [0.3, 0.4) is 0 Å². The smallest absolute Gasteiger partial charge is 0.228 e. The highest BCUT2D eigenvalue weighted by Crippen LogP contribution is 2.21. The second-order valence-corrected chi connectivity index (χ2v) is 6.53. The number of carbonyl (C=O) groups is 2. The van der Waals surface area contributed by atoms with Gasteiger partial charge in [0.25, 0.3) is 0 Å². The lowest BCUT2D eigenvalue weighted by Gasteiger charge is -2.33. The monoisotopic (exact) mass is 296 g/mol. The molecule has 2 aliphatic rings. The van der Waals surface area contributed by atoms with Crippen LogP contribution in [-0.2, 0) is 9.59 Å². The molecule has 2 amide bonds. The molecule has 0 N–H and O–H groups in total. The fraction of sp³-hybridized carbons (Fsp3) is 0.867. The average Bonchev–Trinajstić information content (AvgIpc) is 2.80. The van der Waals surface area contributed by atoms with E-state index in [0.29, 0.717) is 13.0 Å². The third-order valence-corrected chi connectivity index (χ3v) is 4.41. The fourth-order valence-electron chi connectivity index (χ4n) is 3.02. The molecule has 1 atom stereocenters. The van der Waals surface area contributed by atoms with Gasteiger partial charge in [-0.3, -0.25) is 9.59 Å². The van der Waals surface area contributed by atoms with Gasteiger partial charge in [-0.1, -0.05) is 0 Å². The van der Waals surface area contributed by atoms with Gasteiger partial charge in [-0.2, -0.15) is 0 Å². The topological polar surface area (TPSA) is 47.1 Å². The van der Waals surface area contributed by atoms with Crippen molar-refractivity contribution in [1.82, 2.24) is 19.6 Å². The van der Waals surface area contributed by atoms with Crippen molar-refractivity contribution in [3.63, 3.8) is 0 Å². The number of rotatable bonds is 5. The summed E-state index contributed by atoms with van der Waals surface area (Å²) in [5, 5.41) is 0. The standard InChI is InChI=1S/C15H28N4O2/c1-16(2)5-4-6-19-12-13(11-14(19)20)15(21)18-9-7-17(3)8-10-18/h13H,4-12H2,1-3H3. The Morgan fingerprint density at radius 1 is 1.24 bits per heavy atom. The van der Waals surface area contributed by atoms with Crippen LogP contribution in [0.15, 0.2) is 0 Å². The summed E-state index contributed by atoms with van der Waals surface area (Å²) < 4.78 is 0. The average molecular weight is 296 g/mol. The predicted molar refractivity (Wildman–Crippen MR) is 81.9 cm³/mol. The van der Waals surface area contributed by atoms with Crippen molar-refractivity contribution in [2.45, 2.75) is 12.8 Å². The van der Waals surface area contributed by atoms with Gasteiger partial charge in [0.05, 0.1) is 5.92 Å². The first-order valence-corrected chi connectivity index (χ1v) is 7.87. The van der Waals surface area contributed by atoms with Crippen LogP contribution in [0.1, 0.15) is 12.8 Å². The van der Waals surface area contributed by atoms with Gasteiger partial charge in [0, 0.05) is 45.7 Å². The zero-order chi connectivity index (χ0) is 15.4. The maximum atomic E-state index is 12.5. The molecule has 21 heavy (non-hydrogen) atoms. The Labute approximate surface area is 127 Å². The number of hydrogen-bond donors (Lipinski definition) is 0. The maximum Gasteiger partial charge on any atom is 0.228 e. The van der Waals surface area contributed by atoms with Crippen molar-refractivity contribution < 1.29 is 9.59 Å². The molecule has 2 aliphatic heterocycles. The quantitative estimate of drug-likeness (QED) is 0.690. The van der Waals surface area contributed by atoms with Crippen molar-refractivity contribution in [2.24, 2.45) is 5.92 Å². The molecule has 2 heterocycles. The van der Waals surface area contributed by atoms with Crippen LogP contribution >= 0.6 is 0 Å². The maximum absolute atomic E-state index is 12.5. The number of piperazine rings is 1. The molecule has 0 aromatic heterocycles. The van der Waals surface area contributed by atoms with Gasteiger partial charge in [-0.15, -0.1) is 0 Å². The number of amides is 2. The summed E-state index contributed by atoms with van der Waals surface area (Å²) in [7, 11) is 6.14. The number of nitrogens with zero attached hydrogens (tertiary/aromatic N) is 4. The molecule has 0 spiro atoms. The minimum absolute atomic E-state index is 0.125. The first-order valence-electron chi connectivity index (χ1n) is 7.87. The van der Waals surface area contributed by atoms with E-state index in [1.165, 1.54) is 0 Å². The number of likely N-dealkylation sites (N-methyl/N-ethyl adjacent to an activating group) is 1. The Morgan fingerprint density at radius 3 is 2.52 bits per heavy atom. The Kier molecular flexibility index (Phi) is 5.58. The largest absolute Gasteiger partial charge is 0.342 e. The van der Waals surface area contributed by atoms with Gasteiger partial charge in [-0.25, -0.2) is 0 Å². The lowest BCUT2D eigenvalue weighted by Crippen LogP contribution is -2.49. The number of hydrogen-bond acceptors (Lipinski definition) is 4. The van der Waals surface area contributed by atoms with Crippen LogP contribution in [0.5, 0.6) is 0 Å². The van der Waals surface area contributed by atoms with E-state index in [-0.39, 0.29) is 17.7 Å². The minimum atomic E-state index is -0.125. The highest BCUT2D eigenvalue weighted by Gasteiger charge is 2.36. The SMILES string of the molecule is CN(C)CCCN1CC(C(=O)N2CCN(C)CC2)CC1=O. The van der Waals surface area contributed by atoms with Crippen molar-refractivity contribution in [3.8, 4) is 0 Å². The normalized spacial score (nSPS) is 24.2. The molecule has 1 unspecified atom stereocenters. The molecule has 0 aromatic carbocycles. The molecule has 6 heteroatoms. The van der Waals surface area contributed by atoms with Gasteiger partial charge in [0.15, 0.2) is 0 Å². The summed E-state index contributed by atoms with van der Waals surface area (Å²) >= 11 is 0. The van der Waals surface area contributed by atoms with Crippen LogP contribution in [0.4, 0.5) is 0 Å². The van der Waals surface area contributed by atoms with Crippen LogP contribution in [0.2, 0.25) is 0 Å². The Hall–Kier alpha value is -1.14. The number of likely N-dealkylation sites (tertiary alicyclic amines) is 1. The Morgan fingerprint density at radius 2 is 1.90 bits per heavy atom. The molecular weight excluding hydrogens is 268 g/mol. The van der Waals surface area contributed by atoms with Crippen LogP contribution < -0.4 is 0 Å². The molecule has 6 nitrogen and oxygen atoms in total. The van der Waals surface area contributed by atoms with Gasteiger partial charge < -0.3 is 19.6 Å². The minimum Gasteiger partial charge on any atom is -0.342 e. The van der Waals surface area contributed by atoms with Crippen molar-refractivity contribution in [2.75, 3.05) is 67.0 Å². The molecule has 0 radical (unpaired) electrons. The molecular formula is C15H28N4O2. The van der Waals surface area contributed by atoms with E-state index in [0.717, 1.165) is 45.7 Å². The van der Waals surface area contributed by atoms with E-state index in [4.69, 9.17) is 0 Å². The van der Waals surface area contributed by atoms with E-state index in [2.05, 4.69) is 16.8 Å². The highest BCUT2D eigenvalue weighted by molar-refractivity contribution is 5.89. The molecule has 120 valence electrons. The highest BCUT2D eigenvalue weighted by atomic mass is 16.2. The lowest BCUT2D eigenvalue weighted by molar-refractivity contribution is -0.137. The Bertz CT molecular complexity index is 378. The van der Waals surface area contributed by atoms with Crippen LogP contribution in [0, 0.1) is 5.92 Å². The molecule has 2 saturated heterocycles. The van der Waals surface area contributed by atoms with Crippen LogP contribution in [-0.4, -0.2) is 98.4 Å². The van der Waals surface area contributed by atoms with E-state index < -0.39 is 0 Å². The zero-order valence-corrected chi connectivity index (χ0v) is 13.5. The summed E-state index contributed by atoms with van der Waals surface area (Å²) in [6.07, 6.45) is 1.36. The summed E-state index contributed by atoms with van der Waals surface area (Å²) in [5.74, 6) is 0.188. The molecule has 0 bridgehead atoms. The van der Waals surface area contributed by atoms with Gasteiger partial charge in [0.2, 0.25) is 11.8 Å². The second-order valence-electron chi connectivity index (χ2n) is 6.53. The van der Waals surface area contributed by atoms with Gasteiger partial charge in [0.1, 0.15) is 0 Å². The third kappa shape index (κ3) is 4.41. The van der Waals surface area contributed by atoms with E-state index >= 15 is 0 Å². The molecule has 2 rings (SSSR count). The van der Waals surface area contributed by atoms with E-state index in [1.54, 1.807) is 0 Å². The van der Waals surface area contributed by atoms with Gasteiger partial charge in [-0.05, 0) is 34.1 Å². The summed E-state index contributed by atoms with van der Waals surface area (Å²) in [4.78, 5) is 32.7. The predicted octanol–water partition coefficient (Wildman–Crippen LogP) is -0.439. The van der Waals surface area contributed by atoms with Gasteiger partial charge >= 0.3 is 0 Å². The van der Waals surface area contributed by atoms with Crippen molar-refractivity contribution in [3.05, 3.63) is 0 Å². The first kappa shape index (κ1) is 16.2. The fourth-order valence-corrected chi connectivity index (χ4v) is 3.02. The Balaban J connectivity index is 1.80. The summed E-state index contributed by atoms with van der Waals surface area (Å²) in [6, 6.07) is 0. The lowest BCUT2D eigenvalue weighted by atomic mass is 10.1. The van der Waals surface area contributed by atoms with E-state index in [9.17, 15) is 9.59 Å². The van der Waals surface area contributed by atoms with Crippen LogP contribution in [0.25, 0.3) is 0 Å². The third-order valence-electron chi connectivity index (χ3n) is 4.41. The van der Waals surface area contributed by atoms with E-state index in [1.807, 2.05) is 23.9 Å². The van der Waals surface area contributed by atoms with Crippen molar-refractivity contribution >= 4 is 11.8 Å². The zero-order valence-electron chi connectivity index (χ0n) is 13.5. The summed E-state index contributed by atoms with van der Waals surface area (Å²) in [6.45, 7) is 5.79. The molecule has 0 aliphatic carbocycles. The first-order chi connectivity index (χ1) is 9.97. The second kappa shape index (κ2) is 7.22. The number of carbonyl (C=O) groups excluding carboxylic acids is 2. The summed E-state index contributed by atoms with van der Waals surface area (Å²) in [5.41, 5.74) is 0.